The smallest absolute Gasteiger partial charge is 0.181 e. The van der Waals surface area contributed by atoms with E-state index in [1.807, 2.05) is 20.8 Å². The number of hydrogen-bond acceptors (Lipinski definition) is 3. The lowest BCUT2D eigenvalue weighted by Crippen LogP contribution is -2.13. The molecule has 0 heterocycles. The minimum atomic E-state index is -3.36. The molecule has 0 saturated carbocycles. The van der Waals surface area contributed by atoms with Crippen molar-refractivity contribution in [2.75, 3.05) is 5.75 Å². The van der Waals surface area contributed by atoms with Gasteiger partial charge in [-0.25, -0.2) is 8.42 Å². The summed E-state index contributed by atoms with van der Waals surface area (Å²) in [5.74, 6) is -0.177. The van der Waals surface area contributed by atoms with Gasteiger partial charge in [-0.1, -0.05) is 33.8 Å². The van der Waals surface area contributed by atoms with Gasteiger partial charge in [0.05, 0.1) is 5.75 Å². The van der Waals surface area contributed by atoms with Crippen molar-refractivity contribution in [1.29, 1.82) is 0 Å². The highest BCUT2D eigenvalue weighted by Gasteiger charge is 2.21. The standard InChI is InChI=1S/C12H18O3S/c1-5-16(14,15)11-8-9(12(2,3)4)6-7-10(11)13/h6-8,13H,5H2,1-4H3. The van der Waals surface area contributed by atoms with Crippen molar-refractivity contribution in [3.8, 4) is 5.75 Å². The molecule has 0 aliphatic rings. The first kappa shape index (κ1) is 13.0. The van der Waals surface area contributed by atoms with Gasteiger partial charge in [-0.3, -0.25) is 0 Å². The molecule has 1 aromatic rings. The van der Waals surface area contributed by atoms with E-state index in [4.69, 9.17) is 0 Å². The van der Waals surface area contributed by atoms with Crippen molar-refractivity contribution < 1.29 is 13.5 Å². The molecular formula is C12H18O3S. The van der Waals surface area contributed by atoms with Crippen LogP contribution in [0.2, 0.25) is 0 Å². The second-order valence-corrected chi connectivity index (χ2v) is 7.08. The van der Waals surface area contributed by atoms with E-state index in [1.165, 1.54) is 6.07 Å². The van der Waals surface area contributed by atoms with Gasteiger partial charge in [0.2, 0.25) is 0 Å². The van der Waals surface area contributed by atoms with Crippen molar-refractivity contribution in [2.24, 2.45) is 0 Å². The zero-order valence-corrected chi connectivity index (χ0v) is 10.9. The normalized spacial score (nSPS) is 12.8. The van der Waals surface area contributed by atoms with Crippen molar-refractivity contribution in [2.45, 2.75) is 38.0 Å². The van der Waals surface area contributed by atoms with Crippen LogP contribution in [0, 0.1) is 0 Å². The average molecular weight is 242 g/mol. The predicted octanol–water partition coefficient (Wildman–Crippen LogP) is 2.48. The Labute approximate surface area is 97.0 Å². The summed E-state index contributed by atoms with van der Waals surface area (Å²) in [5, 5.41) is 9.59. The quantitative estimate of drug-likeness (QED) is 0.866. The second kappa shape index (κ2) is 4.09. The maximum atomic E-state index is 11.7. The number of rotatable bonds is 2. The second-order valence-electron chi connectivity index (χ2n) is 4.84. The molecule has 0 amide bonds. The zero-order chi connectivity index (χ0) is 12.6. The van der Waals surface area contributed by atoms with Gasteiger partial charge in [0.15, 0.2) is 9.84 Å². The van der Waals surface area contributed by atoms with Gasteiger partial charge in [0, 0.05) is 0 Å². The topological polar surface area (TPSA) is 54.4 Å². The molecule has 1 N–H and O–H groups in total. The summed E-state index contributed by atoms with van der Waals surface area (Å²) in [6.07, 6.45) is 0. The number of phenols is 1. The molecule has 0 aliphatic heterocycles. The maximum Gasteiger partial charge on any atom is 0.181 e. The van der Waals surface area contributed by atoms with Crippen molar-refractivity contribution in [3.05, 3.63) is 23.8 Å². The summed E-state index contributed by atoms with van der Waals surface area (Å²) in [6.45, 7) is 7.57. The Bertz CT molecular complexity index is 481. The molecule has 90 valence electrons. The molecule has 0 radical (unpaired) electrons. The third-order valence-corrected chi connectivity index (χ3v) is 4.30. The zero-order valence-electron chi connectivity index (χ0n) is 10.1. The van der Waals surface area contributed by atoms with E-state index < -0.39 is 9.84 Å². The minimum absolute atomic E-state index is 0.00580. The van der Waals surface area contributed by atoms with Crippen molar-refractivity contribution >= 4 is 9.84 Å². The number of hydrogen-bond donors (Lipinski definition) is 1. The SMILES string of the molecule is CCS(=O)(=O)c1cc(C(C)(C)C)ccc1O. The molecule has 1 rings (SSSR count). The Morgan fingerprint density at radius 3 is 2.25 bits per heavy atom. The first-order valence-electron chi connectivity index (χ1n) is 5.24. The molecule has 0 saturated heterocycles. The van der Waals surface area contributed by atoms with Crippen LogP contribution in [0.4, 0.5) is 0 Å². The molecule has 0 unspecified atom stereocenters. The lowest BCUT2D eigenvalue weighted by atomic mass is 9.87. The summed E-state index contributed by atoms with van der Waals surface area (Å²) in [4.78, 5) is 0.0300. The molecule has 3 nitrogen and oxygen atoms in total. The van der Waals surface area contributed by atoms with Crippen LogP contribution in [0.5, 0.6) is 5.75 Å². The molecular weight excluding hydrogens is 224 g/mol. The molecule has 0 spiro atoms. The van der Waals surface area contributed by atoms with Gasteiger partial charge >= 0.3 is 0 Å². The summed E-state index contributed by atoms with van der Waals surface area (Å²) >= 11 is 0. The van der Waals surface area contributed by atoms with E-state index in [0.29, 0.717) is 0 Å². The van der Waals surface area contributed by atoms with Crippen LogP contribution in [0.3, 0.4) is 0 Å². The van der Waals surface area contributed by atoms with E-state index in [1.54, 1.807) is 19.1 Å². The fourth-order valence-electron chi connectivity index (χ4n) is 1.39. The van der Waals surface area contributed by atoms with Crippen molar-refractivity contribution in [1.82, 2.24) is 0 Å². The molecule has 0 atom stereocenters. The molecule has 1 aromatic carbocycles. The largest absolute Gasteiger partial charge is 0.507 e. The Morgan fingerprint density at radius 2 is 1.81 bits per heavy atom. The molecule has 0 fully saturated rings. The Balaban J connectivity index is 3.42. The van der Waals surface area contributed by atoms with Gasteiger partial charge in [0.1, 0.15) is 10.6 Å². The molecule has 0 aliphatic carbocycles. The average Bonchev–Trinajstić information content (AvgIpc) is 2.16. The molecule has 0 bridgehead atoms. The van der Waals surface area contributed by atoms with E-state index in [0.717, 1.165) is 5.56 Å². The van der Waals surface area contributed by atoms with Crippen LogP contribution in [0.25, 0.3) is 0 Å². The van der Waals surface area contributed by atoms with E-state index in [2.05, 4.69) is 0 Å². The Hall–Kier alpha value is -1.03. The van der Waals surface area contributed by atoms with Gasteiger partial charge in [-0.05, 0) is 23.1 Å². The van der Waals surface area contributed by atoms with Crippen LogP contribution >= 0.6 is 0 Å². The van der Waals surface area contributed by atoms with Gasteiger partial charge in [-0.2, -0.15) is 0 Å². The highest BCUT2D eigenvalue weighted by atomic mass is 32.2. The van der Waals surface area contributed by atoms with Gasteiger partial charge in [0.25, 0.3) is 0 Å². The fourth-order valence-corrected chi connectivity index (χ4v) is 2.39. The van der Waals surface area contributed by atoms with Crippen LogP contribution in [0.1, 0.15) is 33.3 Å². The predicted molar refractivity (Wildman–Crippen MR) is 64.5 cm³/mol. The maximum absolute atomic E-state index is 11.7. The van der Waals surface area contributed by atoms with E-state index >= 15 is 0 Å². The Morgan fingerprint density at radius 1 is 1.25 bits per heavy atom. The number of benzene rings is 1. The molecule has 16 heavy (non-hydrogen) atoms. The van der Waals surface area contributed by atoms with Crippen LogP contribution in [-0.2, 0) is 15.3 Å². The summed E-state index contributed by atoms with van der Waals surface area (Å²) in [6, 6.07) is 4.77. The van der Waals surface area contributed by atoms with Gasteiger partial charge < -0.3 is 5.11 Å². The van der Waals surface area contributed by atoms with E-state index in [9.17, 15) is 13.5 Å². The van der Waals surface area contributed by atoms with Crippen LogP contribution in [0.15, 0.2) is 23.1 Å². The minimum Gasteiger partial charge on any atom is -0.507 e. The summed E-state index contributed by atoms with van der Waals surface area (Å²) in [5.41, 5.74) is 0.767. The number of aromatic hydroxyl groups is 1. The fraction of sp³-hybridized carbons (Fsp3) is 0.500. The summed E-state index contributed by atoms with van der Waals surface area (Å²) < 4.78 is 23.5. The van der Waals surface area contributed by atoms with E-state index in [-0.39, 0.29) is 21.8 Å². The third-order valence-electron chi connectivity index (χ3n) is 2.54. The van der Waals surface area contributed by atoms with Crippen molar-refractivity contribution in [3.63, 3.8) is 0 Å². The summed E-state index contributed by atoms with van der Waals surface area (Å²) in [7, 11) is -3.36. The highest BCUT2D eigenvalue weighted by molar-refractivity contribution is 7.91. The molecule has 4 heteroatoms. The molecule has 0 aromatic heterocycles. The van der Waals surface area contributed by atoms with Gasteiger partial charge in [-0.15, -0.1) is 0 Å². The number of sulfone groups is 1. The first-order chi connectivity index (χ1) is 7.18. The van der Waals surface area contributed by atoms with Crippen LogP contribution < -0.4 is 0 Å². The third kappa shape index (κ3) is 2.55. The Kier molecular flexibility index (Phi) is 3.33. The highest BCUT2D eigenvalue weighted by Crippen LogP contribution is 2.30. The lowest BCUT2D eigenvalue weighted by molar-refractivity contribution is 0.457. The monoisotopic (exact) mass is 242 g/mol. The lowest BCUT2D eigenvalue weighted by Gasteiger charge is -2.20. The van der Waals surface area contributed by atoms with Crippen LogP contribution in [-0.4, -0.2) is 19.3 Å². The number of phenolic OH excluding ortho intramolecular Hbond substituents is 1. The first-order valence-corrected chi connectivity index (χ1v) is 6.90.